The number of ketones is 1. The Morgan fingerprint density at radius 1 is 1.60 bits per heavy atom. The molecule has 1 aliphatic rings. The number of carbonyl (C=O) groups is 2. The summed E-state index contributed by atoms with van der Waals surface area (Å²) >= 11 is 0. The first kappa shape index (κ1) is 16.7. The van der Waals surface area contributed by atoms with Gasteiger partial charge in [-0.05, 0) is 6.92 Å². The van der Waals surface area contributed by atoms with Gasteiger partial charge in [0.05, 0.1) is 13.2 Å². The number of aliphatic hydroxyl groups is 4. The maximum absolute atomic E-state index is 11.7. The van der Waals surface area contributed by atoms with Crippen LogP contribution in [0.5, 0.6) is 0 Å². The maximum atomic E-state index is 11.7. The van der Waals surface area contributed by atoms with Crippen LogP contribution in [0.25, 0.3) is 0 Å². The van der Waals surface area contributed by atoms with Crippen molar-refractivity contribution in [3.63, 3.8) is 0 Å². The smallest absolute Gasteiger partial charge is 0.394 e. The lowest BCUT2D eigenvalue weighted by atomic mass is 9.80. The normalized spacial score (nSPS) is 27.8. The van der Waals surface area contributed by atoms with Crippen molar-refractivity contribution in [2.75, 3.05) is 13.2 Å². The first-order valence-electron chi connectivity index (χ1n) is 5.63. The Kier molecular flexibility index (Phi) is 4.97. The fraction of sp³-hybridized carbons (Fsp3) is 0.636. The molecule has 0 bridgehead atoms. The Balaban J connectivity index is 3.24. The molecular weight excluding hydrogens is 276 g/mol. The SMILES string of the molecule is C=CCO[C@@]1([C@](O)(C(C)=O)[C@@H](O)[C@H](O)CO)OOC1=O. The molecule has 9 nitrogen and oxygen atoms in total. The fourth-order valence-corrected chi connectivity index (χ4v) is 1.75. The lowest BCUT2D eigenvalue weighted by Gasteiger charge is -2.47. The fourth-order valence-electron chi connectivity index (χ4n) is 1.75. The van der Waals surface area contributed by atoms with Gasteiger partial charge in [0.1, 0.15) is 12.2 Å². The molecule has 0 aromatic rings. The van der Waals surface area contributed by atoms with Crippen molar-refractivity contribution in [3.05, 3.63) is 12.7 Å². The highest BCUT2D eigenvalue weighted by atomic mass is 17.3. The van der Waals surface area contributed by atoms with Crippen LogP contribution in [0.15, 0.2) is 12.7 Å². The third kappa shape index (κ3) is 2.24. The minimum atomic E-state index is -2.96. The lowest BCUT2D eigenvalue weighted by Crippen LogP contribution is -2.77. The zero-order valence-electron chi connectivity index (χ0n) is 10.7. The number of hydrogen-bond donors (Lipinski definition) is 4. The molecule has 0 radical (unpaired) electrons. The molecule has 9 heteroatoms. The van der Waals surface area contributed by atoms with Crippen molar-refractivity contribution < 1.29 is 44.5 Å². The first-order chi connectivity index (χ1) is 9.27. The van der Waals surface area contributed by atoms with Gasteiger partial charge in [-0.2, -0.15) is 0 Å². The Bertz CT molecular complexity index is 409. The van der Waals surface area contributed by atoms with Gasteiger partial charge in [0.2, 0.25) is 5.60 Å². The number of aliphatic hydroxyl groups excluding tert-OH is 3. The standard InChI is InChI=1S/C11H16O9/c1-3-4-18-11(9(16)19-20-11)10(17,6(2)13)8(15)7(14)5-12/h3,7-8,12,14-15,17H,1,4-5H2,2H3/t7-,8+,10+,11-/m1/s1. The van der Waals surface area contributed by atoms with Crippen LogP contribution in [0, 0.1) is 0 Å². The number of hydrogen-bond acceptors (Lipinski definition) is 9. The summed E-state index contributed by atoms with van der Waals surface area (Å²) in [5, 5.41) is 38.4. The van der Waals surface area contributed by atoms with Crippen LogP contribution >= 0.6 is 0 Å². The number of Topliss-reactive ketones (excluding diaryl/α,β-unsaturated/α-hetero) is 1. The van der Waals surface area contributed by atoms with E-state index in [9.17, 15) is 24.9 Å². The van der Waals surface area contributed by atoms with Gasteiger partial charge in [0.15, 0.2) is 5.78 Å². The molecule has 0 aromatic heterocycles. The molecule has 0 amide bonds. The van der Waals surface area contributed by atoms with E-state index in [0.717, 1.165) is 6.92 Å². The van der Waals surface area contributed by atoms with Crippen molar-refractivity contribution in [1.82, 2.24) is 0 Å². The average molecular weight is 292 g/mol. The van der Waals surface area contributed by atoms with Crippen molar-refractivity contribution in [3.8, 4) is 0 Å². The maximum Gasteiger partial charge on any atom is 0.409 e. The lowest BCUT2D eigenvalue weighted by molar-refractivity contribution is -0.497. The largest absolute Gasteiger partial charge is 0.409 e. The van der Waals surface area contributed by atoms with Crippen LogP contribution in [0.1, 0.15) is 6.92 Å². The Hall–Kier alpha value is -1.36. The molecule has 0 aromatic carbocycles. The number of carbonyl (C=O) groups excluding carboxylic acids is 2. The monoisotopic (exact) mass is 292 g/mol. The molecule has 4 N–H and O–H groups in total. The van der Waals surface area contributed by atoms with Crippen LogP contribution in [-0.2, 0) is 24.1 Å². The van der Waals surface area contributed by atoms with Crippen LogP contribution in [0.2, 0.25) is 0 Å². The Morgan fingerprint density at radius 2 is 2.20 bits per heavy atom. The minimum Gasteiger partial charge on any atom is -0.394 e. The van der Waals surface area contributed by atoms with Crippen molar-refractivity contribution in [1.29, 1.82) is 0 Å². The molecule has 0 aliphatic carbocycles. The predicted octanol–water partition coefficient (Wildman–Crippen LogP) is -2.59. The molecule has 1 aliphatic heterocycles. The summed E-state index contributed by atoms with van der Waals surface area (Å²) in [5.74, 6) is -5.03. The summed E-state index contributed by atoms with van der Waals surface area (Å²) in [7, 11) is 0. The molecule has 1 fully saturated rings. The average Bonchev–Trinajstić information content (AvgIpc) is 2.43. The minimum absolute atomic E-state index is 0.313. The molecule has 4 atom stereocenters. The molecule has 114 valence electrons. The molecule has 0 spiro atoms. The van der Waals surface area contributed by atoms with Gasteiger partial charge in [0, 0.05) is 0 Å². The van der Waals surface area contributed by atoms with Crippen LogP contribution in [0.3, 0.4) is 0 Å². The van der Waals surface area contributed by atoms with Crippen molar-refractivity contribution >= 4 is 11.8 Å². The van der Waals surface area contributed by atoms with E-state index in [1.807, 2.05) is 0 Å². The molecule has 1 rings (SSSR count). The van der Waals surface area contributed by atoms with Crippen LogP contribution in [0.4, 0.5) is 0 Å². The van der Waals surface area contributed by atoms with Crippen LogP contribution < -0.4 is 0 Å². The third-order valence-electron chi connectivity index (χ3n) is 2.93. The van der Waals surface area contributed by atoms with E-state index in [1.165, 1.54) is 6.08 Å². The van der Waals surface area contributed by atoms with Gasteiger partial charge in [-0.1, -0.05) is 6.08 Å². The molecule has 20 heavy (non-hydrogen) atoms. The van der Waals surface area contributed by atoms with E-state index in [4.69, 9.17) is 9.84 Å². The summed E-state index contributed by atoms with van der Waals surface area (Å²) in [6, 6.07) is 0. The number of rotatable bonds is 8. The summed E-state index contributed by atoms with van der Waals surface area (Å²) in [4.78, 5) is 31.7. The van der Waals surface area contributed by atoms with Gasteiger partial charge in [0.25, 0.3) is 0 Å². The zero-order valence-corrected chi connectivity index (χ0v) is 10.7. The molecule has 1 saturated heterocycles. The topological polar surface area (TPSA) is 143 Å². The summed E-state index contributed by atoms with van der Waals surface area (Å²) < 4.78 is 4.93. The van der Waals surface area contributed by atoms with Gasteiger partial charge in [-0.25, -0.2) is 4.79 Å². The molecule has 0 saturated carbocycles. The van der Waals surface area contributed by atoms with Gasteiger partial charge < -0.3 is 25.2 Å². The second-order valence-electron chi connectivity index (χ2n) is 4.19. The number of ether oxygens (including phenoxy) is 1. The van der Waals surface area contributed by atoms with Crippen molar-refractivity contribution in [2.45, 2.75) is 30.5 Å². The summed E-state index contributed by atoms with van der Waals surface area (Å²) in [5.41, 5.74) is -2.96. The van der Waals surface area contributed by atoms with Gasteiger partial charge >= 0.3 is 11.8 Å². The molecular formula is C11H16O9. The van der Waals surface area contributed by atoms with Gasteiger partial charge in [-0.15, -0.1) is 11.5 Å². The highest BCUT2D eigenvalue weighted by Gasteiger charge is 2.74. The van der Waals surface area contributed by atoms with Gasteiger partial charge in [-0.3, -0.25) is 9.68 Å². The second-order valence-corrected chi connectivity index (χ2v) is 4.19. The Labute approximate surface area is 113 Å². The van der Waals surface area contributed by atoms with Crippen LogP contribution in [-0.4, -0.2) is 69.0 Å². The third-order valence-corrected chi connectivity index (χ3v) is 2.93. The quantitative estimate of drug-likeness (QED) is 0.280. The predicted molar refractivity (Wildman–Crippen MR) is 60.8 cm³/mol. The highest BCUT2D eigenvalue weighted by Crippen LogP contribution is 2.40. The highest BCUT2D eigenvalue weighted by molar-refractivity contribution is 5.96. The molecule has 1 heterocycles. The second kappa shape index (κ2) is 5.95. The zero-order chi connectivity index (χ0) is 15.6. The molecule has 0 unspecified atom stereocenters. The van der Waals surface area contributed by atoms with E-state index in [1.54, 1.807) is 0 Å². The van der Waals surface area contributed by atoms with E-state index in [0.29, 0.717) is 0 Å². The van der Waals surface area contributed by atoms with Crippen molar-refractivity contribution in [2.24, 2.45) is 0 Å². The first-order valence-corrected chi connectivity index (χ1v) is 5.63. The van der Waals surface area contributed by atoms with E-state index < -0.39 is 42.0 Å². The van der Waals surface area contributed by atoms with E-state index >= 15 is 0 Å². The summed E-state index contributed by atoms with van der Waals surface area (Å²) in [6.07, 6.45) is -2.96. The Morgan fingerprint density at radius 3 is 2.50 bits per heavy atom. The van der Waals surface area contributed by atoms with E-state index in [2.05, 4.69) is 16.4 Å². The van der Waals surface area contributed by atoms with E-state index in [-0.39, 0.29) is 6.61 Å². The summed E-state index contributed by atoms with van der Waals surface area (Å²) in [6.45, 7) is 2.89.